The standard InChI is InChI=1S/C10H9NO4/c1-6-3-7-4-8(11(12)13)5-9(14-2)10(7)15-6/h3-5H,1-2H3. The zero-order valence-electron chi connectivity index (χ0n) is 8.31. The normalized spacial score (nSPS) is 10.5. The van der Waals surface area contributed by atoms with E-state index in [0.29, 0.717) is 22.5 Å². The lowest BCUT2D eigenvalue weighted by atomic mass is 10.2. The SMILES string of the molecule is COc1cc([N+](=O)[O-])cc2cc(C)oc12. The van der Waals surface area contributed by atoms with Gasteiger partial charge in [-0.05, 0) is 13.0 Å². The van der Waals surface area contributed by atoms with Crippen molar-refractivity contribution in [1.29, 1.82) is 0 Å². The van der Waals surface area contributed by atoms with Crippen molar-refractivity contribution in [2.24, 2.45) is 0 Å². The van der Waals surface area contributed by atoms with Crippen LogP contribution in [0.2, 0.25) is 0 Å². The lowest BCUT2D eigenvalue weighted by Gasteiger charge is -1.99. The minimum atomic E-state index is -0.454. The summed E-state index contributed by atoms with van der Waals surface area (Å²) in [4.78, 5) is 10.2. The number of nitro groups is 1. The van der Waals surface area contributed by atoms with Gasteiger partial charge in [0.15, 0.2) is 11.3 Å². The Hall–Kier alpha value is -2.04. The lowest BCUT2D eigenvalue weighted by Crippen LogP contribution is -1.90. The number of aryl methyl sites for hydroxylation is 1. The number of hydrogen-bond donors (Lipinski definition) is 0. The molecule has 0 atom stereocenters. The van der Waals surface area contributed by atoms with Gasteiger partial charge < -0.3 is 9.15 Å². The average molecular weight is 207 g/mol. The van der Waals surface area contributed by atoms with Crippen molar-refractivity contribution < 1.29 is 14.1 Å². The van der Waals surface area contributed by atoms with E-state index in [9.17, 15) is 10.1 Å². The second-order valence-electron chi connectivity index (χ2n) is 3.18. The molecule has 1 aromatic heterocycles. The van der Waals surface area contributed by atoms with E-state index < -0.39 is 4.92 Å². The van der Waals surface area contributed by atoms with Crippen molar-refractivity contribution in [3.05, 3.63) is 34.1 Å². The predicted molar refractivity (Wildman–Crippen MR) is 54.2 cm³/mol. The van der Waals surface area contributed by atoms with E-state index in [1.807, 2.05) is 0 Å². The average Bonchev–Trinajstić information content (AvgIpc) is 2.56. The molecule has 1 heterocycles. The van der Waals surface area contributed by atoms with E-state index in [4.69, 9.17) is 9.15 Å². The van der Waals surface area contributed by atoms with Crippen LogP contribution in [0.5, 0.6) is 5.75 Å². The zero-order chi connectivity index (χ0) is 11.0. The van der Waals surface area contributed by atoms with E-state index in [1.165, 1.54) is 19.2 Å². The number of non-ortho nitro benzene ring substituents is 1. The number of rotatable bonds is 2. The van der Waals surface area contributed by atoms with E-state index in [0.717, 1.165) is 0 Å². The highest BCUT2D eigenvalue weighted by molar-refractivity contribution is 5.86. The first-order valence-electron chi connectivity index (χ1n) is 4.34. The second kappa shape index (κ2) is 3.27. The quantitative estimate of drug-likeness (QED) is 0.560. The van der Waals surface area contributed by atoms with Crippen molar-refractivity contribution in [3.8, 4) is 5.75 Å². The molecule has 0 saturated heterocycles. The van der Waals surface area contributed by atoms with Gasteiger partial charge in [-0.25, -0.2) is 0 Å². The van der Waals surface area contributed by atoms with E-state index >= 15 is 0 Å². The number of methoxy groups -OCH3 is 1. The highest BCUT2D eigenvalue weighted by atomic mass is 16.6. The Bertz CT molecular complexity index is 529. The monoisotopic (exact) mass is 207 g/mol. The summed E-state index contributed by atoms with van der Waals surface area (Å²) in [6.45, 7) is 1.78. The Balaban J connectivity index is 2.76. The summed E-state index contributed by atoms with van der Waals surface area (Å²) in [7, 11) is 1.45. The predicted octanol–water partition coefficient (Wildman–Crippen LogP) is 2.66. The number of fused-ring (bicyclic) bond motifs is 1. The summed E-state index contributed by atoms with van der Waals surface area (Å²) in [6.07, 6.45) is 0. The van der Waals surface area contributed by atoms with Gasteiger partial charge in [-0.1, -0.05) is 0 Å². The fourth-order valence-corrected chi connectivity index (χ4v) is 1.49. The third-order valence-corrected chi connectivity index (χ3v) is 2.12. The molecular formula is C10H9NO4. The Morgan fingerprint density at radius 3 is 2.73 bits per heavy atom. The fraction of sp³-hybridized carbons (Fsp3) is 0.200. The summed E-state index contributed by atoms with van der Waals surface area (Å²) in [5, 5.41) is 11.3. The summed E-state index contributed by atoms with van der Waals surface area (Å²) in [5.41, 5.74) is 0.542. The second-order valence-corrected chi connectivity index (χ2v) is 3.18. The third-order valence-electron chi connectivity index (χ3n) is 2.12. The molecule has 2 aromatic rings. The van der Waals surface area contributed by atoms with E-state index in [-0.39, 0.29) is 5.69 Å². The minimum absolute atomic E-state index is 0.000139. The van der Waals surface area contributed by atoms with Gasteiger partial charge in [0, 0.05) is 11.5 Å². The highest BCUT2D eigenvalue weighted by Gasteiger charge is 2.14. The molecule has 0 radical (unpaired) electrons. The smallest absolute Gasteiger partial charge is 0.274 e. The maximum Gasteiger partial charge on any atom is 0.274 e. The molecule has 1 aromatic carbocycles. The highest BCUT2D eigenvalue weighted by Crippen LogP contribution is 2.32. The van der Waals surface area contributed by atoms with Gasteiger partial charge >= 0.3 is 0 Å². The van der Waals surface area contributed by atoms with Crippen molar-refractivity contribution in [2.75, 3.05) is 7.11 Å². The van der Waals surface area contributed by atoms with Crippen molar-refractivity contribution in [3.63, 3.8) is 0 Å². The molecule has 0 bridgehead atoms. The van der Waals surface area contributed by atoms with Gasteiger partial charge in [0.05, 0.1) is 18.1 Å². The van der Waals surface area contributed by atoms with Crippen LogP contribution in [0.15, 0.2) is 22.6 Å². The zero-order valence-corrected chi connectivity index (χ0v) is 8.31. The summed E-state index contributed by atoms with van der Waals surface area (Å²) >= 11 is 0. The molecular weight excluding hydrogens is 198 g/mol. The van der Waals surface area contributed by atoms with Crippen LogP contribution in [0.3, 0.4) is 0 Å². The summed E-state index contributed by atoms with van der Waals surface area (Å²) in [6, 6.07) is 4.56. The lowest BCUT2D eigenvalue weighted by molar-refractivity contribution is -0.384. The van der Waals surface area contributed by atoms with E-state index in [1.54, 1.807) is 13.0 Å². The molecule has 0 fully saturated rings. The first-order valence-corrected chi connectivity index (χ1v) is 4.34. The first kappa shape index (κ1) is 9.51. The van der Waals surface area contributed by atoms with Gasteiger partial charge in [-0.2, -0.15) is 0 Å². The maximum absolute atomic E-state index is 10.6. The molecule has 5 nitrogen and oxygen atoms in total. The summed E-state index contributed by atoms with van der Waals surface area (Å²) in [5.74, 6) is 1.08. The number of nitro benzene ring substituents is 1. The molecule has 0 spiro atoms. The topological polar surface area (TPSA) is 65.5 Å². The molecule has 0 aliphatic carbocycles. The first-order chi connectivity index (χ1) is 7.11. The van der Waals surface area contributed by atoms with Crippen LogP contribution in [-0.2, 0) is 0 Å². The van der Waals surface area contributed by atoms with Crippen molar-refractivity contribution in [2.45, 2.75) is 6.92 Å². The molecule has 0 saturated carbocycles. The molecule has 0 N–H and O–H groups in total. The Kier molecular flexibility index (Phi) is 2.07. The van der Waals surface area contributed by atoms with Crippen molar-refractivity contribution >= 4 is 16.7 Å². The van der Waals surface area contributed by atoms with Crippen LogP contribution in [0.4, 0.5) is 5.69 Å². The molecule has 78 valence electrons. The number of ether oxygens (including phenoxy) is 1. The molecule has 15 heavy (non-hydrogen) atoms. The molecule has 5 heteroatoms. The van der Waals surface area contributed by atoms with Crippen LogP contribution in [0.1, 0.15) is 5.76 Å². The number of nitrogens with zero attached hydrogens (tertiary/aromatic N) is 1. The van der Waals surface area contributed by atoms with Crippen LogP contribution in [0, 0.1) is 17.0 Å². The number of hydrogen-bond acceptors (Lipinski definition) is 4. The van der Waals surface area contributed by atoms with Gasteiger partial charge in [-0.3, -0.25) is 10.1 Å². The van der Waals surface area contributed by atoms with E-state index in [2.05, 4.69) is 0 Å². The van der Waals surface area contributed by atoms with Crippen molar-refractivity contribution in [1.82, 2.24) is 0 Å². The van der Waals surface area contributed by atoms with Gasteiger partial charge in [0.25, 0.3) is 5.69 Å². The van der Waals surface area contributed by atoms with Gasteiger partial charge in [0.1, 0.15) is 5.76 Å². The van der Waals surface area contributed by atoms with Gasteiger partial charge in [-0.15, -0.1) is 0 Å². The Morgan fingerprint density at radius 2 is 2.13 bits per heavy atom. The molecule has 0 unspecified atom stereocenters. The Labute approximate surface area is 85.4 Å². The summed E-state index contributed by atoms with van der Waals surface area (Å²) < 4.78 is 10.4. The molecule has 0 aliphatic heterocycles. The van der Waals surface area contributed by atoms with Crippen LogP contribution < -0.4 is 4.74 Å². The molecule has 2 rings (SSSR count). The minimum Gasteiger partial charge on any atom is -0.493 e. The number of benzene rings is 1. The fourth-order valence-electron chi connectivity index (χ4n) is 1.49. The molecule has 0 amide bonds. The van der Waals surface area contributed by atoms with Crippen LogP contribution in [0.25, 0.3) is 11.0 Å². The van der Waals surface area contributed by atoms with Crippen LogP contribution >= 0.6 is 0 Å². The van der Waals surface area contributed by atoms with Crippen LogP contribution in [-0.4, -0.2) is 12.0 Å². The molecule has 0 aliphatic rings. The van der Waals surface area contributed by atoms with Gasteiger partial charge in [0.2, 0.25) is 0 Å². The maximum atomic E-state index is 10.6. The number of furan rings is 1. The Morgan fingerprint density at radius 1 is 1.40 bits per heavy atom. The largest absolute Gasteiger partial charge is 0.493 e. The third kappa shape index (κ3) is 1.52.